The fourth-order valence-corrected chi connectivity index (χ4v) is 1.80. The molecule has 0 aliphatic carbocycles. The summed E-state index contributed by atoms with van der Waals surface area (Å²) < 4.78 is 0. The molecule has 0 heterocycles. The van der Waals surface area contributed by atoms with Gasteiger partial charge in [-0.3, -0.25) is 4.79 Å². The van der Waals surface area contributed by atoms with Crippen LogP contribution >= 0.6 is 11.6 Å². The Morgan fingerprint density at radius 2 is 2.21 bits per heavy atom. The van der Waals surface area contributed by atoms with Gasteiger partial charge in [-0.05, 0) is 24.6 Å². The summed E-state index contributed by atoms with van der Waals surface area (Å²) in [5.41, 5.74) is 5.59. The SMILES string of the molecule is CCCN(C/C(N)=N/O)C(=O)c1cc(O)ccc1Cl. The molecule has 0 unspecified atom stereocenters. The van der Waals surface area contributed by atoms with Crippen molar-refractivity contribution in [2.24, 2.45) is 10.9 Å². The summed E-state index contributed by atoms with van der Waals surface area (Å²) in [6.07, 6.45) is 0.709. The van der Waals surface area contributed by atoms with E-state index in [1.807, 2.05) is 6.92 Å². The molecule has 1 aromatic rings. The fraction of sp³-hybridized carbons (Fsp3) is 0.333. The minimum Gasteiger partial charge on any atom is -0.508 e. The van der Waals surface area contributed by atoms with Gasteiger partial charge in [0.05, 0.1) is 17.1 Å². The molecule has 0 aliphatic heterocycles. The quantitative estimate of drug-likeness (QED) is 0.331. The molecule has 1 amide bonds. The Morgan fingerprint density at radius 3 is 2.79 bits per heavy atom. The molecule has 1 aromatic carbocycles. The summed E-state index contributed by atoms with van der Waals surface area (Å²) in [6.45, 7) is 2.33. The molecule has 0 aliphatic rings. The van der Waals surface area contributed by atoms with Gasteiger partial charge >= 0.3 is 0 Å². The van der Waals surface area contributed by atoms with Crippen molar-refractivity contribution in [1.82, 2.24) is 4.90 Å². The third kappa shape index (κ3) is 4.03. The van der Waals surface area contributed by atoms with Crippen molar-refractivity contribution in [3.8, 4) is 5.75 Å². The molecule has 6 nitrogen and oxygen atoms in total. The van der Waals surface area contributed by atoms with Crippen LogP contribution in [0.15, 0.2) is 23.4 Å². The number of rotatable bonds is 5. The first-order valence-corrected chi connectivity index (χ1v) is 6.11. The van der Waals surface area contributed by atoms with Gasteiger partial charge in [-0.25, -0.2) is 0 Å². The maximum absolute atomic E-state index is 12.3. The van der Waals surface area contributed by atoms with E-state index in [0.29, 0.717) is 13.0 Å². The topological polar surface area (TPSA) is 99.1 Å². The van der Waals surface area contributed by atoms with Crippen molar-refractivity contribution in [1.29, 1.82) is 0 Å². The lowest BCUT2D eigenvalue weighted by Gasteiger charge is -2.22. The highest BCUT2D eigenvalue weighted by molar-refractivity contribution is 6.33. The Labute approximate surface area is 116 Å². The summed E-state index contributed by atoms with van der Waals surface area (Å²) in [4.78, 5) is 13.7. The normalized spacial score (nSPS) is 11.4. The zero-order valence-corrected chi connectivity index (χ0v) is 11.3. The van der Waals surface area contributed by atoms with Crippen molar-refractivity contribution < 1.29 is 15.1 Å². The molecule has 4 N–H and O–H groups in total. The van der Waals surface area contributed by atoms with Gasteiger partial charge in [-0.15, -0.1) is 0 Å². The van der Waals surface area contributed by atoms with Gasteiger partial charge in [0.1, 0.15) is 5.75 Å². The van der Waals surface area contributed by atoms with Crippen LogP contribution in [0.4, 0.5) is 0 Å². The van der Waals surface area contributed by atoms with Gasteiger partial charge in [0.25, 0.3) is 5.91 Å². The van der Waals surface area contributed by atoms with Crippen LogP contribution in [0.3, 0.4) is 0 Å². The fourth-order valence-electron chi connectivity index (χ4n) is 1.60. The van der Waals surface area contributed by atoms with Crippen molar-refractivity contribution in [2.75, 3.05) is 13.1 Å². The van der Waals surface area contributed by atoms with Crippen LogP contribution in [0.5, 0.6) is 5.75 Å². The van der Waals surface area contributed by atoms with E-state index in [0.717, 1.165) is 0 Å². The number of amidine groups is 1. The van der Waals surface area contributed by atoms with Crippen LogP contribution in [-0.4, -0.2) is 40.0 Å². The molecular formula is C12H16ClN3O3. The molecule has 0 radical (unpaired) electrons. The lowest BCUT2D eigenvalue weighted by Crippen LogP contribution is -2.39. The predicted octanol–water partition coefficient (Wildman–Crippen LogP) is 1.64. The van der Waals surface area contributed by atoms with Crippen LogP contribution in [0.2, 0.25) is 5.02 Å². The second kappa shape index (κ2) is 6.84. The van der Waals surface area contributed by atoms with E-state index >= 15 is 0 Å². The average Bonchev–Trinajstić information content (AvgIpc) is 2.40. The van der Waals surface area contributed by atoms with E-state index in [-0.39, 0.29) is 34.6 Å². The molecule has 19 heavy (non-hydrogen) atoms. The van der Waals surface area contributed by atoms with E-state index in [1.165, 1.54) is 23.1 Å². The third-order valence-corrected chi connectivity index (χ3v) is 2.77. The van der Waals surface area contributed by atoms with E-state index in [4.69, 9.17) is 22.5 Å². The molecule has 0 saturated heterocycles. The summed E-state index contributed by atoms with van der Waals surface area (Å²) in [6, 6.07) is 4.13. The summed E-state index contributed by atoms with van der Waals surface area (Å²) >= 11 is 5.94. The largest absolute Gasteiger partial charge is 0.508 e. The number of nitrogens with zero attached hydrogens (tertiary/aromatic N) is 2. The van der Waals surface area contributed by atoms with Crippen molar-refractivity contribution in [3.63, 3.8) is 0 Å². The maximum atomic E-state index is 12.3. The van der Waals surface area contributed by atoms with E-state index in [1.54, 1.807) is 0 Å². The van der Waals surface area contributed by atoms with Crippen molar-refractivity contribution in [2.45, 2.75) is 13.3 Å². The molecule has 7 heteroatoms. The number of benzene rings is 1. The Bertz CT molecular complexity index is 491. The first-order valence-electron chi connectivity index (χ1n) is 5.73. The molecule has 0 saturated carbocycles. The van der Waals surface area contributed by atoms with Gasteiger partial charge in [0.2, 0.25) is 0 Å². The number of hydrogen-bond donors (Lipinski definition) is 3. The molecule has 0 spiro atoms. The number of hydrogen-bond acceptors (Lipinski definition) is 4. The molecule has 1 rings (SSSR count). The van der Waals surface area contributed by atoms with Gasteiger partial charge in [0.15, 0.2) is 5.84 Å². The third-order valence-electron chi connectivity index (χ3n) is 2.44. The van der Waals surface area contributed by atoms with Crippen LogP contribution in [0.1, 0.15) is 23.7 Å². The van der Waals surface area contributed by atoms with Gasteiger partial charge in [0, 0.05) is 6.54 Å². The number of aromatic hydroxyl groups is 1. The van der Waals surface area contributed by atoms with E-state index in [2.05, 4.69) is 5.16 Å². The second-order valence-corrected chi connectivity index (χ2v) is 4.39. The van der Waals surface area contributed by atoms with Crippen LogP contribution < -0.4 is 5.73 Å². The monoisotopic (exact) mass is 285 g/mol. The Hall–Kier alpha value is -1.95. The molecule has 104 valence electrons. The Balaban J connectivity index is 3.01. The number of amides is 1. The number of oxime groups is 1. The molecule has 0 aromatic heterocycles. The maximum Gasteiger partial charge on any atom is 0.255 e. The highest BCUT2D eigenvalue weighted by Gasteiger charge is 2.19. The number of carbonyl (C=O) groups is 1. The standard InChI is InChI=1S/C12H16ClN3O3/c1-2-5-16(7-11(14)15-19)12(18)9-6-8(17)3-4-10(9)13/h3-4,6,17,19H,2,5,7H2,1H3,(H2,14,15). The van der Waals surface area contributed by atoms with Crippen molar-refractivity contribution >= 4 is 23.3 Å². The Kier molecular flexibility index (Phi) is 5.44. The highest BCUT2D eigenvalue weighted by atomic mass is 35.5. The van der Waals surface area contributed by atoms with E-state index < -0.39 is 0 Å². The Morgan fingerprint density at radius 1 is 1.53 bits per heavy atom. The minimum atomic E-state index is -0.380. The lowest BCUT2D eigenvalue weighted by atomic mass is 10.1. The first kappa shape index (κ1) is 15.1. The van der Waals surface area contributed by atoms with Gasteiger partial charge in [-0.1, -0.05) is 23.7 Å². The highest BCUT2D eigenvalue weighted by Crippen LogP contribution is 2.22. The zero-order valence-electron chi connectivity index (χ0n) is 10.5. The van der Waals surface area contributed by atoms with E-state index in [9.17, 15) is 9.90 Å². The van der Waals surface area contributed by atoms with Crippen LogP contribution in [0, 0.1) is 0 Å². The molecule has 0 fully saturated rings. The molecule has 0 bridgehead atoms. The van der Waals surface area contributed by atoms with Gasteiger partial charge < -0.3 is 20.9 Å². The number of phenols is 1. The summed E-state index contributed by atoms with van der Waals surface area (Å²) in [5, 5.41) is 21.1. The number of halogens is 1. The van der Waals surface area contributed by atoms with Crippen LogP contribution in [-0.2, 0) is 0 Å². The number of phenolic OH excluding ortho intramolecular Hbond substituents is 1. The zero-order chi connectivity index (χ0) is 14.4. The smallest absolute Gasteiger partial charge is 0.255 e. The molecule has 0 atom stereocenters. The summed E-state index contributed by atoms with van der Waals surface area (Å²) in [7, 11) is 0. The average molecular weight is 286 g/mol. The minimum absolute atomic E-state index is 0.00480. The number of nitrogens with two attached hydrogens (primary N) is 1. The molecular weight excluding hydrogens is 270 g/mol. The van der Waals surface area contributed by atoms with Gasteiger partial charge in [-0.2, -0.15) is 0 Å². The summed E-state index contributed by atoms with van der Waals surface area (Å²) in [5.74, 6) is -0.500. The predicted molar refractivity (Wildman–Crippen MR) is 72.7 cm³/mol. The lowest BCUT2D eigenvalue weighted by molar-refractivity contribution is 0.0778. The first-order chi connectivity index (χ1) is 8.99. The second-order valence-electron chi connectivity index (χ2n) is 3.98. The van der Waals surface area contributed by atoms with Crippen LogP contribution in [0.25, 0.3) is 0 Å². The number of carbonyl (C=O) groups excluding carboxylic acids is 1. The van der Waals surface area contributed by atoms with Crippen molar-refractivity contribution in [3.05, 3.63) is 28.8 Å².